The van der Waals surface area contributed by atoms with Crippen molar-refractivity contribution in [3.05, 3.63) is 65.7 Å². The van der Waals surface area contributed by atoms with Crippen molar-refractivity contribution < 1.29 is 14.6 Å². The zero-order valence-corrected chi connectivity index (χ0v) is 12.2. The summed E-state index contributed by atoms with van der Waals surface area (Å²) in [4.78, 5) is 11.4. The van der Waals surface area contributed by atoms with Crippen LogP contribution in [-0.2, 0) is 11.4 Å². The Kier molecular flexibility index (Phi) is 4.39. The molecule has 3 rings (SSSR count). The zero-order chi connectivity index (χ0) is 15.4. The maximum Gasteiger partial charge on any atom is 0.308 e. The summed E-state index contributed by atoms with van der Waals surface area (Å²) in [6.45, 7) is 1.66. The van der Waals surface area contributed by atoms with E-state index in [0.29, 0.717) is 19.7 Å². The molecule has 1 fully saturated rings. The third kappa shape index (κ3) is 3.12. The van der Waals surface area contributed by atoms with Crippen LogP contribution < -0.4 is 10.1 Å². The average molecular weight is 297 g/mol. The molecule has 0 bridgehead atoms. The SMILES string of the molecule is O=C(O)C1CNCC1c1ccccc1OCc1ccccc1. The second-order valence-corrected chi connectivity index (χ2v) is 5.52. The van der Waals surface area contributed by atoms with Gasteiger partial charge in [0.2, 0.25) is 0 Å². The van der Waals surface area contributed by atoms with Crippen LogP contribution in [-0.4, -0.2) is 24.2 Å². The van der Waals surface area contributed by atoms with Crippen molar-refractivity contribution in [1.82, 2.24) is 5.32 Å². The maximum absolute atomic E-state index is 11.4. The van der Waals surface area contributed by atoms with Gasteiger partial charge in [0.1, 0.15) is 12.4 Å². The normalized spacial score (nSPS) is 20.7. The molecule has 114 valence electrons. The number of ether oxygens (including phenoxy) is 1. The molecule has 2 atom stereocenters. The molecule has 4 nitrogen and oxygen atoms in total. The molecule has 1 heterocycles. The van der Waals surface area contributed by atoms with Gasteiger partial charge in [-0.3, -0.25) is 4.79 Å². The van der Waals surface area contributed by atoms with E-state index in [9.17, 15) is 9.90 Å². The van der Waals surface area contributed by atoms with E-state index in [-0.39, 0.29) is 5.92 Å². The van der Waals surface area contributed by atoms with Crippen LogP contribution in [0.3, 0.4) is 0 Å². The topological polar surface area (TPSA) is 58.6 Å². The summed E-state index contributed by atoms with van der Waals surface area (Å²) in [5.41, 5.74) is 2.06. The smallest absolute Gasteiger partial charge is 0.308 e. The highest BCUT2D eigenvalue weighted by molar-refractivity contribution is 5.72. The Morgan fingerprint density at radius 1 is 1.09 bits per heavy atom. The second kappa shape index (κ2) is 6.62. The third-order valence-electron chi connectivity index (χ3n) is 4.09. The predicted octanol–water partition coefficient (Wildman–Crippen LogP) is 2.65. The van der Waals surface area contributed by atoms with Gasteiger partial charge in [-0.15, -0.1) is 0 Å². The number of carbonyl (C=O) groups is 1. The van der Waals surface area contributed by atoms with Crippen LogP contribution in [0.25, 0.3) is 0 Å². The van der Waals surface area contributed by atoms with Gasteiger partial charge < -0.3 is 15.2 Å². The summed E-state index contributed by atoms with van der Waals surface area (Å²) in [7, 11) is 0. The monoisotopic (exact) mass is 297 g/mol. The minimum absolute atomic E-state index is 0.0514. The molecule has 1 saturated heterocycles. The van der Waals surface area contributed by atoms with Crippen molar-refractivity contribution in [2.75, 3.05) is 13.1 Å². The third-order valence-corrected chi connectivity index (χ3v) is 4.09. The van der Waals surface area contributed by atoms with Gasteiger partial charge in [-0.2, -0.15) is 0 Å². The fourth-order valence-electron chi connectivity index (χ4n) is 2.92. The molecular weight excluding hydrogens is 278 g/mol. The maximum atomic E-state index is 11.4. The first kappa shape index (κ1) is 14.6. The highest BCUT2D eigenvalue weighted by Gasteiger charge is 2.35. The van der Waals surface area contributed by atoms with Gasteiger partial charge in [0, 0.05) is 19.0 Å². The van der Waals surface area contributed by atoms with Crippen LogP contribution >= 0.6 is 0 Å². The van der Waals surface area contributed by atoms with E-state index in [2.05, 4.69) is 5.32 Å². The molecule has 2 aromatic rings. The summed E-state index contributed by atoms with van der Waals surface area (Å²) in [6.07, 6.45) is 0. The Hall–Kier alpha value is -2.33. The highest BCUT2D eigenvalue weighted by atomic mass is 16.5. The minimum Gasteiger partial charge on any atom is -0.489 e. The van der Waals surface area contributed by atoms with Gasteiger partial charge in [0.15, 0.2) is 0 Å². The molecule has 1 aliphatic rings. The van der Waals surface area contributed by atoms with Crippen LogP contribution in [0.5, 0.6) is 5.75 Å². The second-order valence-electron chi connectivity index (χ2n) is 5.52. The van der Waals surface area contributed by atoms with E-state index >= 15 is 0 Å². The number of carboxylic acids is 1. The summed E-state index contributed by atoms with van der Waals surface area (Å²) in [6, 6.07) is 17.7. The van der Waals surface area contributed by atoms with Crippen molar-refractivity contribution in [3.8, 4) is 5.75 Å². The number of benzene rings is 2. The lowest BCUT2D eigenvalue weighted by molar-refractivity contribution is -0.141. The minimum atomic E-state index is -0.757. The van der Waals surface area contributed by atoms with Crippen LogP contribution in [0.1, 0.15) is 17.0 Å². The standard InChI is InChI=1S/C18H19NO3/c20-18(21)16-11-19-10-15(16)14-8-4-5-9-17(14)22-12-13-6-2-1-3-7-13/h1-9,15-16,19H,10-12H2,(H,20,21). The van der Waals surface area contributed by atoms with Crippen molar-refractivity contribution in [1.29, 1.82) is 0 Å². The van der Waals surface area contributed by atoms with Crippen LogP contribution in [0.15, 0.2) is 54.6 Å². The van der Waals surface area contributed by atoms with Gasteiger partial charge in [-0.25, -0.2) is 0 Å². The molecule has 4 heteroatoms. The Labute approximate surface area is 129 Å². The zero-order valence-electron chi connectivity index (χ0n) is 12.2. The molecule has 0 spiro atoms. The van der Waals surface area contributed by atoms with Crippen LogP contribution in [0, 0.1) is 5.92 Å². The summed E-state index contributed by atoms with van der Waals surface area (Å²) in [5, 5.41) is 12.5. The Morgan fingerprint density at radius 2 is 1.82 bits per heavy atom. The molecule has 2 N–H and O–H groups in total. The van der Waals surface area contributed by atoms with E-state index in [1.54, 1.807) is 0 Å². The Morgan fingerprint density at radius 3 is 2.59 bits per heavy atom. The van der Waals surface area contributed by atoms with Crippen LogP contribution in [0.2, 0.25) is 0 Å². The van der Waals surface area contributed by atoms with Gasteiger partial charge in [0.25, 0.3) is 0 Å². The lowest BCUT2D eigenvalue weighted by Crippen LogP contribution is -2.21. The van der Waals surface area contributed by atoms with Crippen molar-refractivity contribution in [2.24, 2.45) is 5.92 Å². The number of aliphatic carboxylic acids is 1. The first-order valence-corrected chi connectivity index (χ1v) is 7.45. The lowest BCUT2D eigenvalue weighted by Gasteiger charge is -2.19. The largest absolute Gasteiger partial charge is 0.489 e. The first-order valence-electron chi connectivity index (χ1n) is 7.45. The van der Waals surface area contributed by atoms with Gasteiger partial charge in [-0.05, 0) is 17.2 Å². The fraction of sp³-hybridized carbons (Fsp3) is 0.278. The van der Waals surface area contributed by atoms with Crippen molar-refractivity contribution in [2.45, 2.75) is 12.5 Å². The lowest BCUT2D eigenvalue weighted by atomic mass is 9.88. The van der Waals surface area contributed by atoms with Crippen LogP contribution in [0.4, 0.5) is 0 Å². The molecule has 0 amide bonds. The predicted molar refractivity (Wildman–Crippen MR) is 84.0 cm³/mol. The van der Waals surface area contributed by atoms with Gasteiger partial charge >= 0.3 is 5.97 Å². The highest BCUT2D eigenvalue weighted by Crippen LogP contribution is 2.34. The fourth-order valence-corrected chi connectivity index (χ4v) is 2.92. The van der Waals surface area contributed by atoms with E-state index in [1.165, 1.54) is 0 Å². The quantitative estimate of drug-likeness (QED) is 0.891. The summed E-state index contributed by atoms with van der Waals surface area (Å²) in [5.74, 6) is -0.440. The van der Waals surface area contributed by atoms with Crippen molar-refractivity contribution in [3.63, 3.8) is 0 Å². The average Bonchev–Trinajstić information content (AvgIpc) is 3.04. The van der Waals surface area contributed by atoms with Gasteiger partial charge in [0.05, 0.1) is 5.92 Å². The Bertz CT molecular complexity index is 642. The molecule has 0 aliphatic carbocycles. The summed E-state index contributed by atoms with van der Waals surface area (Å²) >= 11 is 0. The summed E-state index contributed by atoms with van der Waals surface area (Å²) < 4.78 is 5.94. The van der Waals surface area contributed by atoms with E-state index in [0.717, 1.165) is 16.9 Å². The molecule has 22 heavy (non-hydrogen) atoms. The molecular formula is C18H19NO3. The molecule has 0 aromatic heterocycles. The number of hydrogen-bond donors (Lipinski definition) is 2. The first-order chi connectivity index (χ1) is 10.8. The molecule has 1 aliphatic heterocycles. The molecule has 0 radical (unpaired) electrons. The number of para-hydroxylation sites is 1. The van der Waals surface area contributed by atoms with E-state index < -0.39 is 11.9 Å². The number of nitrogens with one attached hydrogen (secondary N) is 1. The van der Waals surface area contributed by atoms with Gasteiger partial charge in [-0.1, -0.05) is 48.5 Å². The number of rotatable bonds is 5. The Balaban J connectivity index is 1.79. The number of hydrogen-bond acceptors (Lipinski definition) is 3. The van der Waals surface area contributed by atoms with Crippen molar-refractivity contribution >= 4 is 5.97 Å². The van der Waals surface area contributed by atoms with E-state index in [4.69, 9.17) is 4.74 Å². The molecule has 2 unspecified atom stereocenters. The molecule has 0 saturated carbocycles. The van der Waals surface area contributed by atoms with E-state index in [1.807, 2.05) is 54.6 Å². The number of carboxylic acid groups (broad SMARTS) is 1. The molecule has 2 aromatic carbocycles.